The maximum Gasteiger partial charge on any atom is 0.330 e. The minimum atomic E-state index is -1.03. The number of nitrogens with zero attached hydrogens (tertiary/aromatic N) is 6. The van der Waals surface area contributed by atoms with Crippen LogP contribution in [-0.4, -0.2) is 40.4 Å². The summed E-state index contributed by atoms with van der Waals surface area (Å²) in [5.41, 5.74) is 0.992. The molecule has 3 heterocycles. The minimum Gasteiger partial charge on any atom is -0.479 e. The number of carboxylic acids is 1. The second kappa shape index (κ2) is 4.61. The maximum absolute atomic E-state index is 11.4. The Hall–Kier alpha value is -2.97. The summed E-state index contributed by atoms with van der Waals surface area (Å²) in [6.45, 7) is 0. The highest BCUT2D eigenvalue weighted by Crippen LogP contribution is 2.20. The second-order valence-corrected chi connectivity index (χ2v) is 4.20. The first-order valence-electron chi connectivity index (χ1n) is 5.77. The van der Waals surface area contributed by atoms with Gasteiger partial charge in [0.25, 0.3) is 0 Å². The Bertz CT molecular complexity index is 763. The normalized spacial score (nSPS) is 12.4. The molecule has 0 aliphatic rings. The van der Waals surface area contributed by atoms with Gasteiger partial charge in [0.2, 0.25) is 5.65 Å². The molecule has 3 rings (SSSR count). The Balaban J connectivity index is 1.98. The summed E-state index contributed by atoms with van der Waals surface area (Å²) >= 11 is 0. The number of rotatable bonds is 4. The smallest absolute Gasteiger partial charge is 0.330 e. The van der Waals surface area contributed by atoms with Crippen molar-refractivity contribution >= 4 is 17.4 Å². The van der Waals surface area contributed by atoms with Crippen LogP contribution in [-0.2, 0) is 11.8 Å². The van der Waals surface area contributed by atoms with Crippen LogP contribution in [0.25, 0.3) is 5.65 Å². The molecule has 0 radical (unpaired) electrons. The standard InChI is InChI=1S/C11H11N7O2/c1-17-5-7(4-14-17)8(11(19)20)15-9-10-16-13-6-18(10)3-2-12-9/h2-6,8H,1H3,(H,12,15)(H,19,20). The first-order valence-corrected chi connectivity index (χ1v) is 5.77. The van der Waals surface area contributed by atoms with E-state index in [1.54, 1.807) is 30.0 Å². The zero-order valence-electron chi connectivity index (χ0n) is 10.5. The molecule has 3 aromatic heterocycles. The summed E-state index contributed by atoms with van der Waals surface area (Å²) in [6, 6.07) is -0.959. The molecule has 1 unspecified atom stereocenters. The topological polar surface area (TPSA) is 110 Å². The van der Waals surface area contributed by atoms with Gasteiger partial charge in [-0.15, -0.1) is 10.2 Å². The van der Waals surface area contributed by atoms with E-state index in [9.17, 15) is 9.90 Å². The molecule has 0 saturated carbocycles. The summed E-state index contributed by atoms with van der Waals surface area (Å²) in [4.78, 5) is 15.5. The van der Waals surface area contributed by atoms with Crippen LogP contribution in [0.15, 0.2) is 31.1 Å². The summed E-state index contributed by atoms with van der Waals surface area (Å²) in [6.07, 6.45) is 7.87. The van der Waals surface area contributed by atoms with Gasteiger partial charge in [-0.2, -0.15) is 5.10 Å². The van der Waals surface area contributed by atoms with Crippen molar-refractivity contribution in [3.63, 3.8) is 0 Å². The lowest BCUT2D eigenvalue weighted by Gasteiger charge is -2.13. The number of aliphatic carboxylic acids is 1. The van der Waals surface area contributed by atoms with E-state index in [1.807, 2.05) is 0 Å². The van der Waals surface area contributed by atoms with Crippen molar-refractivity contribution in [2.24, 2.45) is 7.05 Å². The number of carboxylic acid groups (broad SMARTS) is 1. The number of nitrogens with one attached hydrogen (secondary N) is 1. The molecule has 2 N–H and O–H groups in total. The summed E-state index contributed by atoms with van der Waals surface area (Å²) in [5.74, 6) is -0.678. The van der Waals surface area contributed by atoms with Gasteiger partial charge in [0, 0.05) is 31.2 Å². The molecule has 0 amide bonds. The van der Waals surface area contributed by atoms with E-state index in [0.29, 0.717) is 17.0 Å². The number of carbonyl (C=O) groups is 1. The fourth-order valence-electron chi connectivity index (χ4n) is 1.87. The van der Waals surface area contributed by atoms with Crippen LogP contribution in [0.5, 0.6) is 0 Å². The fourth-order valence-corrected chi connectivity index (χ4v) is 1.87. The Morgan fingerprint density at radius 3 is 3.05 bits per heavy atom. The molecule has 0 fully saturated rings. The van der Waals surface area contributed by atoms with E-state index in [-0.39, 0.29) is 0 Å². The lowest BCUT2D eigenvalue weighted by atomic mass is 10.1. The average Bonchev–Trinajstić information content (AvgIpc) is 3.04. The molecular weight excluding hydrogens is 262 g/mol. The molecular formula is C11H11N7O2. The molecule has 0 spiro atoms. The van der Waals surface area contributed by atoms with Crippen molar-refractivity contribution in [2.45, 2.75) is 6.04 Å². The molecule has 0 bridgehead atoms. The third-order valence-corrected chi connectivity index (χ3v) is 2.80. The van der Waals surface area contributed by atoms with Crippen molar-refractivity contribution in [1.82, 2.24) is 29.4 Å². The lowest BCUT2D eigenvalue weighted by molar-refractivity contribution is -0.138. The molecule has 1 atom stereocenters. The van der Waals surface area contributed by atoms with Crippen LogP contribution in [0.3, 0.4) is 0 Å². The highest BCUT2D eigenvalue weighted by Gasteiger charge is 2.23. The van der Waals surface area contributed by atoms with Crippen molar-refractivity contribution in [1.29, 1.82) is 0 Å². The van der Waals surface area contributed by atoms with E-state index < -0.39 is 12.0 Å². The summed E-state index contributed by atoms with van der Waals surface area (Å²) in [7, 11) is 1.72. The number of aryl methyl sites for hydroxylation is 1. The van der Waals surface area contributed by atoms with Crippen molar-refractivity contribution in [2.75, 3.05) is 5.32 Å². The second-order valence-electron chi connectivity index (χ2n) is 4.20. The van der Waals surface area contributed by atoms with Gasteiger partial charge in [0.15, 0.2) is 11.9 Å². The van der Waals surface area contributed by atoms with Crippen LogP contribution >= 0.6 is 0 Å². The summed E-state index contributed by atoms with van der Waals surface area (Å²) in [5, 5.41) is 23.8. The highest BCUT2D eigenvalue weighted by molar-refractivity contribution is 5.80. The minimum absolute atomic E-state index is 0.348. The van der Waals surface area contributed by atoms with Gasteiger partial charge < -0.3 is 10.4 Å². The Kier molecular flexibility index (Phi) is 2.78. The van der Waals surface area contributed by atoms with E-state index in [2.05, 4.69) is 25.6 Å². The van der Waals surface area contributed by atoms with Crippen LogP contribution in [0.4, 0.5) is 5.82 Å². The molecule has 0 aliphatic heterocycles. The zero-order chi connectivity index (χ0) is 14.1. The number of aromatic nitrogens is 6. The van der Waals surface area contributed by atoms with E-state index in [1.165, 1.54) is 17.2 Å². The van der Waals surface area contributed by atoms with Crippen LogP contribution < -0.4 is 5.32 Å². The van der Waals surface area contributed by atoms with Crippen molar-refractivity contribution in [3.8, 4) is 0 Å². The molecule has 102 valence electrons. The predicted molar refractivity (Wildman–Crippen MR) is 68.0 cm³/mol. The van der Waals surface area contributed by atoms with Gasteiger partial charge >= 0.3 is 5.97 Å². The average molecular weight is 273 g/mol. The maximum atomic E-state index is 11.4. The number of hydrogen-bond acceptors (Lipinski definition) is 6. The van der Waals surface area contributed by atoms with Crippen molar-refractivity contribution in [3.05, 3.63) is 36.7 Å². The number of fused-ring (bicyclic) bond motifs is 1. The van der Waals surface area contributed by atoms with Crippen LogP contribution in [0.2, 0.25) is 0 Å². The van der Waals surface area contributed by atoms with Crippen molar-refractivity contribution < 1.29 is 9.90 Å². The first kappa shape index (κ1) is 12.1. The molecule has 20 heavy (non-hydrogen) atoms. The Labute approximate surface area is 112 Å². The van der Waals surface area contributed by atoms with Gasteiger partial charge in [0.1, 0.15) is 6.33 Å². The first-order chi connectivity index (χ1) is 9.65. The third kappa shape index (κ3) is 2.05. The van der Waals surface area contributed by atoms with Gasteiger partial charge in [-0.05, 0) is 0 Å². The SMILES string of the molecule is Cn1cc(C(Nc2nccn3cnnc23)C(=O)O)cn1. The van der Waals surface area contributed by atoms with Crippen LogP contribution in [0.1, 0.15) is 11.6 Å². The number of anilines is 1. The van der Waals surface area contributed by atoms with Gasteiger partial charge in [-0.3, -0.25) is 9.08 Å². The van der Waals surface area contributed by atoms with Gasteiger partial charge in [0.05, 0.1) is 6.20 Å². The Morgan fingerprint density at radius 2 is 2.35 bits per heavy atom. The molecule has 9 heteroatoms. The quantitative estimate of drug-likeness (QED) is 0.693. The Morgan fingerprint density at radius 1 is 1.50 bits per heavy atom. The lowest BCUT2D eigenvalue weighted by Crippen LogP contribution is -2.21. The number of hydrogen-bond donors (Lipinski definition) is 2. The largest absolute Gasteiger partial charge is 0.479 e. The van der Waals surface area contributed by atoms with Gasteiger partial charge in [-0.1, -0.05) is 0 Å². The fraction of sp³-hybridized carbons (Fsp3) is 0.182. The molecule has 0 saturated heterocycles. The highest BCUT2D eigenvalue weighted by atomic mass is 16.4. The monoisotopic (exact) mass is 273 g/mol. The van der Waals surface area contributed by atoms with E-state index in [4.69, 9.17) is 0 Å². The van der Waals surface area contributed by atoms with Crippen LogP contribution in [0, 0.1) is 0 Å². The molecule has 3 aromatic rings. The van der Waals surface area contributed by atoms with Gasteiger partial charge in [-0.25, -0.2) is 9.78 Å². The molecule has 9 nitrogen and oxygen atoms in total. The van der Waals surface area contributed by atoms with E-state index in [0.717, 1.165) is 0 Å². The zero-order valence-corrected chi connectivity index (χ0v) is 10.5. The predicted octanol–water partition coefficient (Wildman–Crippen LogP) is 0.0956. The summed E-state index contributed by atoms with van der Waals surface area (Å²) < 4.78 is 3.19. The molecule has 0 aliphatic carbocycles. The molecule has 0 aromatic carbocycles. The van der Waals surface area contributed by atoms with E-state index >= 15 is 0 Å². The third-order valence-electron chi connectivity index (χ3n) is 2.80.